The van der Waals surface area contributed by atoms with Gasteiger partial charge in [0.25, 0.3) is 0 Å². The van der Waals surface area contributed by atoms with Gasteiger partial charge in [0.2, 0.25) is 0 Å². The summed E-state index contributed by atoms with van der Waals surface area (Å²) in [5.41, 5.74) is 5.64. The summed E-state index contributed by atoms with van der Waals surface area (Å²) < 4.78 is 4.55. The lowest BCUT2D eigenvalue weighted by Crippen LogP contribution is -2.16. The summed E-state index contributed by atoms with van der Waals surface area (Å²) in [6.07, 6.45) is 0.621. The van der Waals surface area contributed by atoms with Crippen LogP contribution < -0.4 is 10.5 Å². The van der Waals surface area contributed by atoms with Crippen LogP contribution in [-0.4, -0.2) is 11.1 Å². The van der Waals surface area contributed by atoms with Gasteiger partial charge in [0.05, 0.1) is 6.20 Å². The van der Waals surface area contributed by atoms with Gasteiger partial charge in [-0.05, 0) is 19.1 Å². The number of hydrogen-bond acceptors (Lipinski definition) is 3. The minimum Gasteiger partial charge on any atom is -0.409 e. The molecule has 0 bridgehead atoms. The maximum absolute atomic E-state index is 10.2. The van der Waals surface area contributed by atoms with E-state index in [9.17, 15) is 4.79 Å². The molecule has 0 saturated heterocycles. The van der Waals surface area contributed by atoms with Gasteiger partial charge in [0, 0.05) is 5.69 Å². The standard InChI is InChI=1S/C7H8N2O2/c1-5-2-3-6(4-9-5)11-7(8)10/h2-4H,1H3,(H2,8,10). The number of hydrogen-bond donors (Lipinski definition) is 1. The molecule has 0 aliphatic carbocycles. The Bertz CT molecular complexity index is 256. The lowest BCUT2D eigenvalue weighted by atomic mass is 10.4. The summed E-state index contributed by atoms with van der Waals surface area (Å²) in [4.78, 5) is 14.1. The second kappa shape index (κ2) is 3.01. The molecule has 58 valence electrons. The molecule has 0 aliphatic heterocycles. The van der Waals surface area contributed by atoms with Crippen molar-refractivity contribution >= 4 is 6.09 Å². The van der Waals surface area contributed by atoms with Crippen LogP contribution in [0.15, 0.2) is 18.3 Å². The molecule has 0 spiro atoms. The molecule has 0 unspecified atom stereocenters. The minimum absolute atomic E-state index is 0.364. The van der Waals surface area contributed by atoms with Gasteiger partial charge in [-0.25, -0.2) is 4.79 Å². The third-order valence-corrected chi connectivity index (χ3v) is 1.10. The van der Waals surface area contributed by atoms with E-state index in [0.29, 0.717) is 5.75 Å². The molecular formula is C7H8N2O2. The van der Waals surface area contributed by atoms with E-state index in [1.807, 2.05) is 6.92 Å². The van der Waals surface area contributed by atoms with E-state index in [4.69, 9.17) is 5.73 Å². The Morgan fingerprint density at radius 3 is 2.82 bits per heavy atom. The Hall–Kier alpha value is -1.58. The first-order chi connectivity index (χ1) is 5.18. The van der Waals surface area contributed by atoms with Gasteiger partial charge in [0.1, 0.15) is 0 Å². The van der Waals surface area contributed by atoms with E-state index >= 15 is 0 Å². The Morgan fingerprint density at radius 1 is 1.64 bits per heavy atom. The van der Waals surface area contributed by atoms with Gasteiger partial charge < -0.3 is 10.5 Å². The van der Waals surface area contributed by atoms with Crippen molar-refractivity contribution in [1.82, 2.24) is 4.98 Å². The number of ether oxygens (including phenoxy) is 1. The van der Waals surface area contributed by atoms with Gasteiger partial charge in [-0.2, -0.15) is 0 Å². The SMILES string of the molecule is Cc1ccc(OC(N)=O)cn1. The number of carbonyl (C=O) groups excluding carboxylic acids is 1. The largest absolute Gasteiger partial charge is 0.410 e. The molecule has 4 nitrogen and oxygen atoms in total. The molecule has 0 aliphatic rings. The predicted octanol–water partition coefficient (Wildman–Crippen LogP) is 0.848. The first-order valence-electron chi connectivity index (χ1n) is 3.08. The molecule has 2 N–H and O–H groups in total. The fourth-order valence-electron chi connectivity index (χ4n) is 0.631. The van der Waals surface area contributed by atoms with Crippen LogP contribution in [0.2, 0.25) is 0 Å². The molecule has 1 heterocycles. The number of rotatable bonds is 1. The van der Waals surface area contributed by atoms with Crippen LogP contribution in [0.5, 0.6) is 5.75 Å². The highest BCUT2D eigenvalue weighted by atomic mass is 16.5. The number of primary amides is 1. The van der Waals surface area contributed by atoms with Gasteiger partial charge in [-0.3, -0.25) is 4.98 Å². The molecule has 0 saturated carbocycles. The summed E-state index contributed by atoms with van der Waals surface area (Å²) in [6.45, 7) is 1.84. The first-order valence-corrected chi connectivity index (χ1v) is 3.08. The second-order valence-electron chi connectivity index (χ2n) is 2.06. The highest BCUT2D eigenvalue weighted by molar-refractivity contribution is 5.67. The quantitative estimate of drug-likeness (QED) is 0.648. The topological polar surface area (TPSA) is 65.2 Å². The Labute approximate surface area is 64.0 Å². The summed E-state index contributed by atoms with van der Waals surface area (Å²) in [6, 6.07) is 3.37. The number of aryl methyl sites for hydroxylation is 1. The summed E-state index contributed by atoms with van der Waals surface area (Å²) >= 11 is 0. The Morgan fingerprint density at radius 2 is 2.36 bits per heavy atom. The van der Waals surface area contributed by atoms with Crippen molar-refractivity contribution in [2.75, 3.05) is 0 Å². The third-order valence-electron chi connectivity index (χ3n) is 1.10. The molecule has 1 aromatic heterocycles. The van der Waals surface area contributed by atoms with Crippen molar-refractivity contribution in [1.29, 1.82) is 0 Å². The fourth-order valence-corrected chi connectivity index (χ4v) is 0.631. The maximum atomic E-state index is 10.2. The van der Waals surface area contributed by atoms with Crippen molar-refractivity contribution in [3.8, 4) is 5.75 Å². The lowest BCUT2D eigenvalue weighted by Gasteiger charge is -1.98. The fraction of sp³-hybridized carbons (Fsp3) is 0.143. The van der Waals surface area contributed by atoms with Crippen LogP contribution >= 0.6 is 0 Å². The van der Waals surface area contributed by atoms with E-state index in [0.717, 1.165) is 5.69 Å². The number of nitrogens with zero attached hydrogens (tertiary/aromatic N) is 1. The molecule has 0 atom stereocenters. The van der Waals surface area contributed by atoms with Crippen LogP contribution in [0.4, 0.5) is 4.79 Å². The van der Waals surface area contributed by atoms with Crippen molar-refractivity contribution in [2.45, 2.75) is 6.92 Å². The molecule has 0 aromatic carbocycles. The minimum atomic E-state index is -0.823. The summed E-state index contributed by atoms with van der Waals surface area (Å²) in [5, 5.41) is 0. The van der Waals surface area contributed by atoms with Crippen molar-refractivity contribution in [3.63, 3.8) is 0 Å². The van der Waals surface area contributed by atoms with E-state index in [1.165, 1.54) is 6.20 Å². The summed E-state index contributed by atoms with van der Waals surface area (Å²) in [7, 11) is 0. The van der Waals surface area contributed by atoms with Gasteiger partial charge in [-0.1, -0.05) is 0 Å². The summed E-state index contributed by atoms with van der Waals surface area (Å²) in [5.74, 6) is 0.364. The van der Waals surface area contributed by atoms with Crippen molar-refractivity contribution < 1.29 is 9.53 Å². The molecule has 4 heteroatoms. The van der Waals surface area contributed by atoms with Crippen LogP contribution in [0, 0.1) is 6.92 Å². The van der Waals surface area contributed by atoms with Gasteiger partial charge in [0.15, 0.2) is 5.75 Å². The van der Waals surface area contributed by atoms with E-state index < -0.39 is 6.09 Å². The molecule has 11 heavy (non-hydrogen) atoms. The molecule has 0 radical (unpaired) electrons. The lowest BCUT2D eigenvalue weighted by molar-refractivity contribution is 0.210. The number of pyridine rings is 1. The average molecular weight is 152 g/mol. The number of carbonyl (C=O) groups is 1. The number of aromatic nitrogens is 1. The number of nitrogens with two attached hydrogens (primary N) is 1. The van der Waals surface area contributed by atoms with Crippen LogP contribution in [-0.2, 0) is 0 Å². The third kappa shape index (κ3) is 2.25. The Kier molecular flexibility index (Phi) is 2.06. The normalized spacial score (nSPS) is 9.18. The highest BCUT2D eigenvalue weighted by Crippen LogP contribution is 2.07. The second-order valence-corrected chi connectivity index (χ2v) is 2.06. The van der Waals surface area contributed by atoms with Gasteiger partial charge >= 0.3 is 6.09 Å². The molecule has 1 aromatic rings. The maximum Gasteiger partial charge on any atom is 0.410 e. The zero-order valence-corrected chi connectivity index (χ0v) is 6.07. The Balaban J connectivity index is 2.74. The predicted molar refractivity (Wildman–Crippen MR) is 39.2 cm³/mol. The monoisotopic (exact) mass is 152 g/mol. The van der Waals surface area contributed by atoms with Crippen LogP contribution in [0.3, 0.4) is 0 Å². The molecule has 1 rings (SSSR count). The van der Waals surface area contributed by atoms with E-state index in [-0.39, 0.29) is 0 Å². The molecule has 0 fully saturated rings. The van der Waals surface area contributed by atoms with Gasteiger partial charge in [-0.15, -0.1) is 0 Å². The molecular weight excluding hydrogens is 144 g/mol. The van der Waals surface area contributed by atoms with E-state index in [1.54, 1.807) is 12.1 Å². The van der Waals surface area contributed by atoms with Crippen LogP contribution in [0.1, 0.15) is 5.69 Å². The van der Waals surface area contributed by atoms with Crippen LogP contribution in [0.25, 0.3) is 0 Å². The van der Waals surface area contributed by atoms with E-state index in [2.05, 4.69) is 9.72 Å². The smallest absolute Gasteiger partial charge is 0.409 e. The van der Waals surface area contributed by atoms with Crippen molar-refractivity contribution in [2.24, 2.45) is 5.73 Å². The first kappa shape index (κ1) is 7.53. The molecule has 1 amide bonds. The van der Waals surface area contributed by atoms with Crippen molar-refractivity contribution in [3.05, 3.63) is 24.0 Å². The number of amides is 1. The highest BCUT2D eigenvalue weighted by Gasteiger charge is 1.96. The average Bonchev–Trinajstić information content (AvgIpc) is 1.93. The zero-order chi connectivity index (χ0) is 8.27. The zero-order valence-electron chi connectivity index (χ0n) is 6.07.